The highest BCUT2D eigenvalue weighted by atomic mass is 16.6. The van der Waals surface area contributed by atoms with E-state index in [1.54, 1.807) is 41.6 Å². The number of benzene rings is 3. The number of fused-ring (bicyclic) bond motifs is 1. The Morgan fingerprint density at radius 3 is 2.19 bits per heavy atom. The van der Waals surface area contributed by atoms with Gasteiger partial charge in [-0.25, -0.2) is 4.79 Å². The van der Waals surface area contributed by atoms with Gasteiger partial charge in [-0.15, -0.1) is 10.2 Å². The highest BCUT2D eigenvalue weighted by molar-refractivity contribution is 6.07. The van der Waals surface area contributed by atoms with Gasteiger partial charge in [-0.1, -0.05) is 37.1 Å². The van der Waals surface area contributed by atoms with Gasteiger partial charge in [-0.2, -0.15) is 0 Å². The van der Waals surface area contributed by atoms with Crippen molar-refractivity contribution in [3.8, 4) is 17.1 Å². The summed E-state index contributed by atoms with van der Waals surface area (Å²) < 4.78 is 28.8. The number of nitrogens with one attached hydrogen (secondary N) is 5. The molecule has 0 bridgehead atoms. The standard InChI is InChI=1S/C60H76N10O11/c1-59(2,3)81-58(76)69-29-25-60(26-30-69,57-65-53(67-68-57)43-23-27-61-28-24-43)66-45-16-12-15-44(39-45)54(73)62-40-42-14-11-17-46(38-42)80-33-10-5-4-8-31-77-34-36-79-37-35-78-32-9-6-7-20-51(71)63-49-19-13-18-47-48(49)41-70(56(47)75)50-21-22-52(72)64-55(50)74/h11-19,23-24,27-28,38-39,50,66H,4-10,20-22,25-26,29-37,40-41H2,1-3H3,(H,62,73)(H,63,71)(H,64,72,74)(H,65,67,68). The second kappa shape index (κ2) is 29.1. The summed E-state index contributed by atoms with van der Waals surface area (Å²) in [5, 5.41) is 21.0. The highest BCUT2D eigenvalue weighted by Crippen LogP contribution is 2.37. The first-order valence-electron chi connectivity index (χ1n) is 28.2. The van der Waals surface area contributed by atoms with Crippen LogP contribution in [-0.4, -0.2) is 137 Å². The Hall–Kier alpha value is -7.75. The van der Waals surface area contributed by atoms with Crippen LogP contribution in [0.25, 0.3) is 11.4 Å². The number of H-pyrrole nitrogens is 1. The van der Waals surface area contributed by atoms with Crippen LogP contribution in [0.15, 0.2) is 91.3 Å². The predicted octanol–water partition coefficient (Wildman–Crippen LogP) is 8.08. The molecule has 8 rings (SSSR count). The summed E-state index contributed by atoms with van der Waals surface area (Å²) in [7, 11) is 0. The Bertz CT molecular complexity index is 2920. The number of aromatic amines is 1. The van der Waals surface area contributed by atoms with E-state index in [4.69, 9.17) is 23.7 Å². The van der Waals surface area contributed by atoms with Crippen LogP contribution in [0.3, 0.4) is 0 Å². The number of carbonyl (C=O) groups excluding carboxylic acids is 6. The molecule has 0 saturated carbocycles. The number of imide groups is 1. The number of hydrogen-bond donors (Lipinski definition) is 5. The fraction of sp³-hybridized carbons (Fsp3) is 0.483. The van der Waals surface area contributed by atoms with E-state index < -0.39 is 23.1 Å². The van der Waals surface area contributed by atoms with Gasteiger partial charge in [0.15, 0.2) is 11.6 Å². The molecular weight excluding hydrogens is 1040 g/mol. The molecule has 2 aromatic heterocycles. The van der Waals surface area contributed by atoms with Crippen LogP contribution in [-0.2, 0) is 52.0 Å². The lowest BCUT2D eigenvalue weighted by Gasteiger charge is -2.41. The van der Waals surface area contributed by atoms with Gasteiger partial charge in [0.1, 0.15) is 22.9 Å². The zero-order valence-electron chi connectivity index (χ0n) is 46.7. The van der Waals surface area contributed by atoms with Crippen LogP contribution in [0.5, 0.6) is 5.75 Å². The number of ether oxygens (including phenoxy) is 5. The van der Waals surface area contributed by atoms with Crippen molar-refractivity contribution in [3.05, 3.63) is 119 Å². The van der Waals surface area contributed by atoms with E-state index >= 15 is 0 Å². The number of pyridine rings is 1. The molecule has 5 aromatic rings. The number of carbonyl (C=O) groups is 6. The van der Waals surface area contributed by atoms with Crippen LogP contribution < -0.4 is 26.0 Å². The molecule has 1 atom stereocenters. The average molecular weight is 1110 g/mol. The fourth-order valence-electron chi connectivity index (χ4n) is 9.95. The Kier molecular flexibility index (Phi) is 21.3. The molecule has 5 N–H and O–H groups in total. The number of likely N-dealkylation sites (tertiary alicyclic amines) is 1. The molecule has 0 aliphatic carbocycles. The molecule has 2 fully saturated rings. The number of unbranched alkanes of at least 4 members (excludes halogenated alkanes) is 5. The number of piperidine rings is 2. The SMILES string of the molecule is CC(C)(C)OC(=O)N1CCC(Nc2cccc(C(=O)NCc3cccc(OCCCCCCOCCOCCOCCCCCC(=O)Nc4cccc5c4CN(C4CCC(=O)NC4=O)C5=O)c3)c2)(c2nnc(-c3ccncc3)[nH]2)CC1. The molecule has 5 heterocycles. The molecule has 0 radical (unpaired) electrons. The largest absolute Gasteiger partial charge is 0.494 e. The van der Waals surface area contributed by atoms with Gasteiger partial charge in [0.25, 0.3) is 11.8 Å². The molecular formula is C60H76N10O11. The fourth-order valence-corrected chi connectivity index (χ4v) is 9.95. The highest BCUT2D eigenvalue weighted by Gasteiger charge is 2.42. The lowest BCUT2D eigenvalue weighted by molar-refractivity contribution is -0.137. The first-order valence-corrected chi connectivity index (χ1v) is 28.2. The quantitative estimate of drug-likeness (QED) is 0.0224. The summed E-state index contributed by atoms with van der Waals surface area (Å²) in [6.45, 7) is 10.7. The molecule has 3 aromatic carbocycles. The molecule has 1 unspecified atom stereocenters. The Morgan fingerprint density at radius 2 is 1.46 bits per heavy atom. The number of aromatic nitrogens is 4. The maximum atomic E-state index is 13.5. The van der Waals surface area contributed by atoms with Crippen molar-refractivity contribution in [3.63, 3.8) is 0 Å². The third kappa shape index (κ3) is 17.4. The van der Waals surface area contributed by atoms with Gasteiger partial charge in [-0.05, 0) is 132 Å². The number of nitrogens with zero attached hydrogens (tertiary/aromatic N) is 5. The summed E-state index contributed by atoms with van der Waals surface area (Å²) in [6.07, 6.45) is 11.1. The summed E-state index contributed by atoms with van der Waals surface area (Å²) in [5.41, 5.74) is 3.36. The van der Waals surface area contributed by atoms with E-state index in [1.165, 1.54) is 4.90 Å². The van der Waals surface area contributed by atoms with Gasteiger partial charge in [0.2, 0.25) is 17.7 Å². The second-order valence-electron chi connectivity index (χ2n) is 21.5. The van der Waals surface area contributed by atoms with Gasteiger partial charge >= 0.3 is 6.09 Å². The average Bonchev–Trinajstić information content (AvgIpc) is 4.12. The van der Waals surface area contributed by atoms with Crippen molar-refractivity contribution in [1.29, 1.82) is 0 Å². The summed E-state index contributed by atoms with van der Waals surface area (Å²) >= 11 is 0. The number of hydrogen-bond acceptors (Lipinski definition) is 15. The van der Waals surface area contributed by atoms with Crippen LogP contribution in [0, 0.1) is 0 Å². The minimum atomic E-state index is -0.719. The van der Waals surface area contributed by atoms with Gasteiger partial charge < -0.3 is 54.4 Å². The third-order valence-electron chi connectivity index (χ3n) is 14.3. The van der Waals surface area contributed by atoms with E-state index in [0.29, 0.717) is 126 Å². The number of amides is 6. The lowest BCUT2D eigenvalue weighted by Crippen LogP contribution is -2.52. The molecule has 6 amide bonds. The Morgan fingerprint density at radius 1 is 0.765 bits per heavy atom. The van der Waals surface area contributed by atoms with Crippen molar-refractivity contribution in [2.45, 2.75) is 128 Å². The Balaban J connectivity index is 0.639. The van der Waals surface area contributed by atoms with E-state index in [9.17, 15) is 28.8 Å². The first-order chi connectivity index (χ1) is 39.2. The van der Waals surface area contributed by atoms with Crippen molar-refractivity contribution < 1.29 is 52.5 Å². The minimum absolute atomic E-state index is 0.141. The molecule has 81 heavy (non-hydrogen) atoms. The summed E-state index contributed by atoms with van der Waals surface area (Å²) in [4.78, 5) is 87.1. The lowest BCUT2D eigenvalue weighted by atomic mass is 9.86. The molecule has 2 saturated heterocycles. The van der Waals surface area contributed by atoms with Gasteiger partial charge in [0, 0.05) is 98.3 Å². The van der Waals surface area contributed by atoms with E-state index in [0.717, 1.165) is 61.1 Å². The van der Waals surface area contributed by atoms with Crippen LogP contribution in [0.4, 0.5) is 16.2 Å². The Labute approximate surface area is 473 Å². The normalized spacial score (nSPS) is 15.9. The van der Waals surface area contributed by atoms with Crippen LogP contribution in [0.1, 0.15) is 135 Å². The monoisotopic (exact) mass is 1110 g/mol. The summed E-state index contributed by atoms with van der Waals surface area (Å²) in [5.74, 6) is 0.544. The van der Waals surface area contributed by atoms with E-state index in [-0.39, 0.29) is 49.1 Å². The van der Waals surface area contributed by atoms with Crippen LogP contribution >= 0.6 is 0 Å². The first kappa shape index (κ1) is 59.4. The second-order valence-corrected chi connectivity index (χ2v) is 21.5. The molecule has 3 aliphatic rings. The maximum absolute atomic E-state index is 13.5. The van der Waals surface area contributed by atoms with E-state index in [1.807, 2.05) is 75.4 Å². The molecule has 432 valence electrons. The van der Waals surface area contributed by atoms with Gasteiger partial charge in [0.05, 0.1) is 33.0 Å². The van der Waals surface area contributed by atoms with Crippen LogP contribution in [0.2, 0.25) is 0 Å². The zero-order chi connectivity index (χ0) is 57.0. The molecule has 3 aliphatic heterocycles. The summed E-state index contributed by atoms with van der Waals surface area (Å²) in [6, 6.07) is 23.3. The molecule has 21 nitrogen and oxygen atoms in total. The predicted molar refractivity (Wildman–Crippen MR) is 302 cm³/mol. The number of anilines is 2. The number of rotatable bonds is 29. The third-order valence-corrected chi connectivity index (χ3v) is 14.3. The van der Waals surface area contributed by atoms with Crippen molar-refractivity contribution in [2.24, 2.45) is 0 Å². The van der Waals surface area contributed by atoms with Crippen molar-refractivity contribution in [1.82, 2.24) is 40.6 Å². The van der Waals surface area contributed by atoms with Crippen molar-refractivity contribution >= 4 is 47.0 Å². The minimum Gasteiger partial charge on any atom is -0.494 e. The molecule has 0 spiro atoms. The van der Waals surface area contributed by atoms with Crippen molar-refractivity contribution in [2.75, 3.05) is 70.0 Å². The van der Waals surface area contributed by atoms with E-state index in [2.05, 4.69) is 41.4 Å². The zero-order valence-corrected chi connectivity index (χ0v) is 46.7. The smallest absolute Gasteiger partial charge is 0.410 e. The maximum Gasteiger partial charge on any atom is 0.410 e. The van der Waals surface area contributed by atoms with Gasteiger partial charge in [-0.3, -0.25) is 34.3 Å². The topological polar surface area (TPSA) is 258 Å². The molecule has 21 heteroatoms.